The first kappa shape index (κ1) is 10.7. The number of anilines is 1. The van der Waals surface area contributed by atoms with Crippen molar-refractivity contribution in [2.45, 2.75) is 26.7 Å². The first-order chi connectivity index (χ1) is 7.76. The van der Waals surface area contributed by atoms with Gasteiger partial charge in [0.2, 0.25) is 0 Å². The average Bonchev–Trinajstić information content (AvgIpc) is 2.74. The van der Waals surface area contributed by atoms with Gasteiger partial charge in [-0.05, 0) is 29.5 Å². The summed E-state index contributed by atoms with van der Waals surface area (Å²) < 4.78 is 0. The first-order valence-electron chi connectivity index (χ1n) is 5.67. The molecule has 0 amide bonds. The van der Waals surface area contributed by atoms with Crippen LogP contribution in [-0.2, 0) is 12.8 Å². The number of aromatic nitrogens is 2. The highest BCUT2D eigenvalue weighted by Gasteiger charge is 2.09. The quantitative estimate of drug-likeness (QED) is 0.827. The zero-order chi connectivity index (χ0) is 11.5. The van der Waals surface area contributed by atoms with E-state index in [9.17, 15) is 0 Å². The van der Waals surface area contributed by atoms with Crippen molar-refractivity contribution < 1.29 is 0 Å². The van der Waals surface area contributed by atoms with E-state index < -0.39 is 0 Å². The van der Waals surface area contributed by atoms with Gasteiger partial charge in [-0.2, -0.15) is 5.10 Å². The van der Waals surface area contributed by atoms with E-state index in [1.807, 2.05) is 0 Å². The van der Waals surface area contributed by atoms with Gasteiger partial charge in [0.25, 0.3) is 0 Å². The van der Waals surface area contributed by atoms with Crippen LogP contribution >= 0.6 is 0 Å². The molecule has 0 aliphatic rings. The molecule has 0 radical (unpaired) electrons. The Bertz CT molecular complexity index is 486. The predicted molar refractivity (Wildman–Crippen MR) is 67.2 cm³/mol. The lowest BCUT2D eigenvalue weighted by Crippen LogP contribution is -1.93. The Labute approximate surface area is 95.7 Å². The van der Waals surface area contributed by atoms with E-state index in [0.717, 1.165) is 18.4 Å². The van der Waals surface area contributed by atoms with E-state index in [1.54, 1.807) is 6.20 Å². The number of nitrogen functional groups attached to an aromatic ring is 1. The van der Waals surface area contributed by atoms with Crippen LogP contribution in [0.3, 0.4) is 0 Å². The monoisotopic (exact) mass is 215 g/mol. The zero-order valence-corrected chi connectivity index (χ0v) is 9.75. The fraction of sp³-hybridized carbons (Fsp3) is 0.308. The van der Waals surface area contributed by atoms with Crippen molar-refractivity contribution in [1.82, 2.24) is 10.2 Å². The highest BCUT2D eigenvalue weighted by atomic mass is 15.1. The van der Waals surface area contributed by atoms with E-state index >= 15 is 0 Å². The van der Waals surface area contributed by atoms with Crippen LogP contribution in [0, 0.1) is 0 Å². The Balaban J connectivity index is 2.57. The van der Waals surface area contributed by atoms with Crippen molar-refractivity contribution in [3.8, 4) is 11.1 Å². The molecule has 0 spiro atoms. The molecular weight excluding hydrogens is 198 g/mol. The molecule has 0 aliphatic heterocycles. The molecular formula is C13H17N3. The molecule has 0 bridgehead atoms. The van der Waals surface area contributed by atoms with Crippen LogP contribution in [0.2, 0.25) is 0 Å². The summed E-state index contributed by atoms with van der Waals surface area (Å²) in [6.07, 6.45) is 3.84. The van der Waals surface area contributed by atoms with Gasteiger partial charge >= 0.3 is 0 Å². The van der Waals surface area contributed by atoms with Gasteiger partial charge in [0.1, 0.15) is 5.82 Å². The van der Waals surface area contributed by atoms with Crippen LogP contribution < -0.4 is 5.73 Å². The summed E-state index contributed by atoms with van der Waals surface area (Å²) in [7, 11) is 0. The number of aromatic amines is 1. The Morgan fingerprint density at radius 1 is 1.19 bits per heavy atom. The van der Waals surface area contributed by atoms with Crippen LogP contribution in [0.25, 0.3) is 11.1 Å². The molecule has 0 aliphatic carbocycles. The molecule has 2 aromatic rings. The molecule has 16 heavy (non-hydrogen) atoms. The Kier molecular flexibility index (Phi) is 2.95. The Hall–Kier alpha value is -1.77. The van der Waals surface area contributed by atoms with Gasteiger partial charge in [-0.25, -0.2) is 0 Å². The minimum atomic E-state index is 0.642. The van der Waals surface area contributed by atoms with Crippen molar-refractivity contribution in [2.24, 2.45) is 0 Å². The third kappa shape index (κ3) is 1.81. The SMILES string of the molecule is CCc1ccc(CC)c(-c2cn[nH]c2N)c1. The van der Waals surface area contributed by atoms with Gasteiger partial charge in [0.15, 0.2) is 0 Å². The number of nitrogens with zero attached hydrogens (tertiary/aromatic N) is 1. The maximum Gasteiger partial charge on any atom is 0.126 e. The number of nitrogens with one attached hydrogen (secondary N) is 1. The minimum absolute atomic E-state index is 0.642. The van der Waals surface area contributed by atoms with E-state index in [4.69, 9.17) is 5.73 Å². The van der Waals surface area contributed by atoms with E-state index in [2.05, 4.69) is 42.2 Å². The molecule has 1 heterocycles. The lowest BCUT2D eigenvalue weighted by atomic mass is 9.96. The smallest absolute Gasteiger partial charge is 0.126 e. The minimum Gasteiger partial charge on any atom is -0.384 e. The number of aryl methyl sites for hydroxylation is 2. The number of nitrogens with two attached hydrogens (primary N) is 1. The van der Waals surface area contributed by atoms with Gasteiger partial charge in [-0.1, -0.05) is 32.0 Å². The Morgan fingerprint density at radius 2 is 2.00 bits per heavy atom. The van der Waals surface area contributed by atoms with Gasteiger partial charge in [0, 0.05) is 5.56 Å². The summed E-state index contributed by atoms with van der Waals surface area (Å²) in [5.74, 6) is 0.642. The number of rotatable bonds is 3. The summed E-state index contributed by atoms with van der Waals surface area (Å²) in [6, 6.07) is 6.57. The summed E-state index contributed by atoms with van der Waals surface area (Å²) >= 11 is 0. The second-order valence-electron chi connectivity index (χ2n) is 3.90. The van der Waals surface area contributed by atoms with Gasteiger partial charge in [-0.3, -0.25) is 5.10 Å². The van der Waals surface area contributed by atoms with Crippen LogP contribution in [0.15, 0.2) is 24.4 Å². The topological polar surface area (TPSA) is 54.7 Å². The molecule has 2 rings (SSSR count). The van der Waals surface area contributed by atoms with Crippen LogP contribution in [0.5, 0.6) is 0 Å². The standard InChI is InChI=1S/C13H17N3/c1-3-9-5-6-10(4-2)11(7-9)12-8-15-16-13(12)14/h5-8H,3-4H2,1-2H3,(H3,14,15,16). The van der Waals surface area contributed by atoms with Crippen molar-refractivity contribution in [1.29, 1.82) is 0 Å². The van der Waals surface area contributed by atoms with Crippen LogP contribution in [-0.4, -0.2) is 10.2 Å². The predicted octanol–water partition coefficient (Wildman–Crippen LogP) is 2.78. The Morgan fingerprint density at radius 3 is 2.56 bits per heavy atom. The highest BCUT2D eigenvalue weighted by Crippen LogP contribution is 2.28. The summed E-state index contributed by atoms with van der Waals surface area (Å²) in [5.41, 5.74) is 10.7. The van der Waals surface area contributed by atoms with E-state index in [-0.39, 0.29) is 0 Å². The number of benzene rings is 1. The molecule has 84 valence electrons. The van der Waals surface area contributed by atoms with Crippen LogP contribution in [0.1, 0.15) is 25.0 Å². The first-order valence-corrected chi connectivity index (χ1v) is 5.67. The average molecular weight is 215 g/mol. The van der Waals surface area contributed by atoms with E-state index in [1.165, 1.54) is 16.7 Å². The largest absolute Gasteiger partial charge is 0.384 e. The number of hydrogen-bond acceptors (Lipinski definition) is 2. The lowest BCUT2D eigenvalue weighted by molar-refractivity contribution is 1.10. The van der Waals surface area contributed by atoms with Gasteiger partial charge in [-0.15, -0.1) is 0 Å². The van der Waals surface area contributed by atoms with Crippen LogP contribution in [0.4, 0.5) is 5.82 Å². The molecule has 3 heteroatoms. The molecule has 0 unspecified atom stereocenters. The molecule has 0 atom stereocenters. The molecule has 3 N–H and O–H groups in total. The maximum atomic E-state index is 5.87. The van der Waals surface area contributed by atoms with Crippen molar-refractivity contribution >= 4 is 5.82 Å². The van der Waals surface area contributed by atoms with E-state index in [0.29, 0.717) is 5.82 Å². The molecule has 0 fully saturated rings. The summed E-state index contributed by atoms with van der Waals surface area (Å²) in [6.45, 7) is 4.31. The molecule has 3 nitrogen and oxygen atoms in total. The summed E-state index contributed by atoms with van der Waals surface area (Å²) in [5, 5.41) is 6.76. The molecule has 0 saturated heterocycles. The fourth-order valence-electron chi connectivity index (χ4n) is 1.91. The second-order valence-corrected chi connectivity index (χ2v) is 3.90. The fourth-order valence-corrected chi connectivity index (χ4v) is 1.91. The van der Waals surface area contributed by atoms with Gasteiger partial charge in [0.05, 0.1) is 6.20 Å². The lowest BCUT2D eigenvalue weighted by Gasteiger charge is -2.09. The van der Waals surface area contributed by atoms with Crippen molar-refractivity contribution in [3.05, 3.63) is 35.5 Å². The van der Waals surface area contributed by atoms with Crippen molar-refractivity contribution in [3.63, 3.8) is 0 Å². The van der Waals surface area contributed by atoms with Crippen molar-refractivity contribution in [2.75, 3.05) is 5.73 Å². The number of hydrogen-bond donors (Lipinski definition) is 2. The summed E-state index contributed by atoms with van der Waals surface area (Å²) in [4.78, 5) is 0. The second kappa shape index (κ2) is 4.39. The van der Waals surface area contributed by atoms with Gasteiger partial charge < -0.3 is 5.73 Å². The molecule has 1 aromatic heterocycles. The molecule has 0 saturated carbocycles. The highest BCUT2D eigenvalue weighted by molar-refractivity contribution is 5.76. The zero-order valence-electron chi connectivity index (χ0n) is 9.75. The third-order valence-corrected chi connectivity index (χ3v) is 2.92. The normalized spacial score (nSPS) is 10.6. The molecule has 1 aromatic carbocycles. The number of H-pyrrole nitrogens is 1. The third-order valence-electron chi connectivity index (χ3n) is 2.92. The maximum absolute atomic E-state index is 5.87.